The fourth-order valence-electron chi connectivity index (χ4n) is 2.61. The molecule has 1 aromatic rings. The van der Waals surface area contributed by atoms with Crippen LogP contribution in [0.3, 0.4) is 0 Å². The topological polar surface area (TPSA) is 35.7 Å². The Bertz CT molecular complexity index is 397. The van der Waals surface area contributed by atoms with Crippen molar-refractivity contribution < 1.29 is 0 Å². The van der Waals surface area contributed by atoms with Crippen LogP contribution in [-0.4, -0.2) is 74.6 Å². The zero-order valence-electron chi connectivity index (χ0n) is 12.9. The van der Waals surface area contributed by atoms with E-state index in [0.717, 1.165) is 25.2 Å². The number of anilines is 1. The maximum Gasteiger partial charge on any atom is 0.0316 e. The number of piperazine rings is 1. The first kappa shape index (κ1) is 15.3. The Labute approximate surface area is 123 Å². The van der Waals surface area contributed by atoms with Crippen molar-refractivity contribution in [2.75, 3.05) is 65.6 Å². The molecule has 1 aromatic carbocycles. The molecule has 20 heavy (non-hydrogen) atoms. The smallest absolute Gasteiger partial charge is 0.0316 e. The van der Waals surface area contributed by atoms with E-state index in [2.05, 4.69) is 40.9 Å². The van der Waals surface area contributed by atoms with Crippen LogP contribution in [0.5, 0.6) is 0 Å². The number of hydrogen-bond acceptors (Lipinski definition) is 4. The van der Waals surface area contributed by atoms with Gasteiger partial charge in [0.15, 0.2) is 0 Å². The lowest BCUT2D eigenvalue weighted by atomic mass is 10.1. The first-order valence-corrected chi connectivity index (χ1v) is 7.57. The Hall–Kier alpha value is -1.10. The molecular formula is C16H28N4. The van der Waals surface area contributed by atoms with E-state index in [1.54, 1.807) is 0 Å². The van der Waals surface area contributed by atoms with Crippen molar-refractivity contribution in [1.82, 2.24) is 14.7 Å². The molecule has 1 heterocycles. The van der Waals surface area contributed by atoms with Crippen LogP contribution in [0.2, 0.25) is 0 Å². The van der Waals surface area contributed by atoms with Gasteiger partial charge in [0.05, 0.1) is 0 Å². The number of nitrogen functional groups attached to an aromatic ring is 1. The Kier molecular flexibility index (Phi) is 5.83. The van der Waals surface area contributed by atoms with E-state index < -0.39 is 0 Å². The standard InChI is InChI=1S/C16H28N4/c1-18(2)8-9-20-12-10-19(11-13-20)7-6-15-4-3-5-16(17)14-15/h3-5,14H,6-13,17H2,1-2H3. The fraction of sp³-hybridized carbons (Fsp3) is 0.625. The molecule has 4 heteroatoms. The number of likely N-dealkylation sites (N-methyl/N-ethyl adjacent to an activating group) is 1. The molecular weight excluding hydrogens is 248 g/mol. The second-order valence-corrected chi connectivity index (χ2v) is 5.98. The molecule has 112 valence electrons. The summed E-state index contributed by atoms with van der Waals surface area (Å²) in [6.07, 6.45) is 1.10. The van der Waals surface area contributed by atoms with Gasteiger partial charge in [-0.1, -0.05) is 12.1 Å². The predicted molar refractivity (Wildman–Crippen MR) is 86.0 cm³/mol. The zero-order chi connectivity index (χ0) is 14.4. The van der Waals surface area contributed by atoms with Gasteiger partial charge in [-0.25, -0.2) is 0 Å². The monoisotopic (exact) mass is 276 g/mol. The molecule has 1 aliphatic heterocycles. The van der Waals surface area contributed by atoms with Crippen molar-refractivity contribution >= 4 is 5.69 Å². The molecule has 2 rings (SSSR count). The largest absolute Gasteiger partial charge is 0.399 e. The van der Waals surface area contributed by atoms with Crippen LogP contribution >= 0.6 is 0 Å². The van der Waals surface area contributed by atoms with E-state index in [1.165, 1.54) is 38.3 Å². The number of benzene rings is 1. The van der Waals surface area contributed by atoms with E-state index in [1.807, 2.05) is 12.1 Å². The van der Waals surface area contributed by atoms with Gasteiger partial charge in [0.2, 0.25) is 0 Å². The van der Waals surface area contributed by atoms with E-state index in [0.29, 0.717) is 0 Å². The maximum atomic E-state index is 5.82. The third-order valence-electron chi connectivity index (χ3n) is 4.00. The lowest BCUT2D eigenvalue weighted by Gasteiger charge is -2.35. The molecule has 2 N–H and O–H groups in total. The minimum Gasteiger partial charge on any atom is -0.399 e. The van der Waals surface area contributed by atoms with Gasteiger partial charge in [0.25, 0.3) is 0 Å². The SMILES string of the molecule is CN(C)CCN1CCN(CCc2cccc(N)c2)CC1. The summed E-state index contributed by atoms with van der Waals surface area (Å²) in [6, 6.07) is 8.26. The quantitative estimate of drug-likeness (QED) is 0.786. The average Bonchev–Trinajstić information content (AvgIpc) is 2.44. The molecule has 0 radical (unpaired) electrons. The van der Waals surface area contributed by atoms with Gasteiger partial charge in [0, 0.05) is 51.5 Å². The van der Waals surface area contributed by atoms with E-state index >= 15 is 0 Å². The van der Waals surface area contributed by atoms with Gasteiger partial charge in [0.1, 0.15) is 0 Å². The summed E-state index contributed by atoms with van der Waals surface area (Å²) in [4.78, 5) is 7.39. The second-order valence-electron chi connectivity index (χ2n) is 5.98. The third kappa shape index (κ3) is 5.12. The molecule has 0 amide bonds. The van der Waals surface area contributed by atoms with Crippen molar-refractivity contribution in [3.63, 3.8) is 0 Å². The van der Waals surface area contributed by atoms with Crippen molar-refractivity contribution in [2.24, 2.45) is 0 Å². The molecule has 0 saturated carbocycles. The van der Waals surface area contributed by atoms with Crippen molar-refractivity contribution in [3.8, 4) is 0 Å². The Morgan fingerprint density at radius 2 is 1.70 bits per heavy atom. The van der Waals surface area contributed by atoms with Gasteiger partial charge in [-0.15, -0.1) is 0 Å². The van der Waals surface area contributed by atoms with Crippen LogP contribution in [-0.2, 0) is 6.42 Å². The Morgan fingerprint density at radius 3 is 2.30 bits per heavy atom. The van der Waals surface area contributed by atoms with E-state index in [9.17, 15) is 0 Å². The van der Waals surface area contributed by atoms with Gasteiger partial charge in [-0.05, 0) is 38.2 Å². The summed E-state index contributed by atoms with van der Waals surface area (Å²) < 4.78 is 0. The number of nitrogens with two attached hydrogens (primary N) is 1. The lowest BCUT2D eigenvalue weighted by molar-refractivity contribution is 0.126. The Balaban J connectivity index is 1.67. The number of rotatable bonds is 6. The van der Waals surface area contributed by atoms with Crippen molar-refractivity contribution in [3.05, 3.63) is 29.8 Å². The minimum absolute atomic E-state index is 0.871. The van der Waals surface area contributed by atoms with Gasteiger partial charge >= 0.3 is 0 Å². The molecule has 0 unspecified atom stereocenters. The van der Waals surface area contributed by atoms with Gasteiger partial charge < -0.3 is 15.5 Å². The maximum absolute atomic E-state index is 5.82. The van der Waals surface area contributed by atoms with Crippen molar-refractivity contribution in [2.45, 2.75) is 6.42 Å². The summed E-state index contributed by atoms with van der Waals surface area (Å²) in [6.45, 7) is 8.27. The molecule has 0 atom stereocenters. The molecule has 0 bridgehead atoms. The summed E-state index contributed by atoms with van der Waals surface area (Å²) >= 11 is 0. The summed E-state index contributed by atoms with van der Waals surface area (Å²) in [5.74, 6) is 0. The minimum atomic E-state index is 0.871. The molecule has 0 aliphatic carbocycles. The van der Waals surface area contributed by atoms with Crippen molar-refractivity contribution in [1.29, 1.82) is 0 Å². The number of nitrogens with zero attached hydrogens (tertiary/aromatic N) is 3. The van der Waals surface area contributed by atoms with Gasteiger partial charge in [-0.3, -0.25) is 4.90 Å². The third-order valence-corrected chi connectivity index (χ3v) is 4.00. The molecule has 4 nitrogen and oxygen atoms in total. The van der Waals surface area contributed by atoms with Gasteiger partial charge in [-0.2, -0.15) is 0 Å². The lowest BCUT2D eigenvalue weighted by Crippen LogP contribution is -2.48. The summed E-state index contributed by atoms with van der Waals surface area (Å²) in [7, 11) is 4.28. The molecule has 1 fully saturated rings. The van der Waals surface area contributed by atoms with Crippen LogP contribution in [0.25, 0.3) is 0 Å². The zero-order valence-corrected chi connectivity index (χ0v) is 12.9. The first-order chi connectivity index (χ1) is 9.63. The van der Waals surface area contributed by atoms with Crippen LogP contribution in [0.4, 0.5) is 5.69 Å². The molecule has 1 aliphatic rings. The molecule has 1 saturated heterocycles. The highest BCUT2D eigenvalue weighted by molar-refractivity contribution is 5.40. The van der Waals surface area contributed by atoms with Crippen LogP contribution in [0.1, 0.15) is 5.56 Å². The van der Waals surface area contributed by atoms with E-state index in [4.69, 9.17) is 5.73 Å². The number of hydrogen-bond donors (Lipinski definition) is 1. The van der Waals surface area contributed by atoms with Crippen LogP contribution < -0.4 is 5.73 Å². The van der Waals surface area contributed by atoms with Crippen LogP contribution in [0, 0.1) is 0 Å². The summed E-state index contributed by atoms with van der Waals surface area (Å²) in [5, 5.41) is 0. The highest BCUT2D eigenvalue weighted by Gasteiger charge is 2.16. The predicted octanol–water partition coefficient (Wildman–Crippen LogP) is 0.991. The fourth-order valence-corrected chi connectivity index (χ4v) is 2.61. The summed E-state index contributed by atoms with van der Waals surface area (Å²) in [5.41, 5.74) is 8.04. The molecule has 0 aromatic heterocycles. The highest BCUT2D eigenvalue weighted by Crippen LogP contribution is 2.09. The average molecular weight is 276 g/mol. The molecule has 0 spiro atoms. The second kappa shape index (κ2) is 7.62. The first-order valence-electron chi connectivity index (χ1n) is 7.57. The normalized spacial score (nSPS) is 17.8. The Morgan fingerprint density at radius 1 is 1.05 bits per heavy atom. The van der Waals surface area contributed by atoms with E-state index in [-0.39, 0.29) is 0 Å². The highest BCUT2D eigenvalue weighted by atomic mass is 15.3. The van der Waals surface area contributed by atoms with Crippen LogP contribution in [0.15, 0.2) is 24.3 Å².